The van der Waals surface area contributed by atoms with Crippen molar-refractivity contribution in [2.75, 3.05) is 5.43 Å². The van der Waals surface area contributed by atoms with Gasteiger partial charge in [-0.15, -0.1) is 0 Å². The summed E-state index contributed by atoms with van der Waals surface area (Å²) in [4.78, 5) is 0.268. The first-order valence-electron chi connectivity index (χ1n) is 5.62. The first-order valence-corrected chi connectivity index (χ1v) is 7.10. The van der Waals surface area contributed by atoms with Gasteiger partial charge in [0.15, 0.2) is 0 Å². The van der Waals surface area contributed by atoms with Crippen LogP contribution in [0.2, 0.25) is 0 Å². The number of nitrogens with two attached hydrogens (primary N) is 1. The predicted octanol–water partition coefficient (Wildman–Crippen LogP) is 1.05. The van der Waals surface area contributed by atoms with Crippen LogP contribution in [-0.2, 0) is 10.0 Å². The summed E-state index contributed by atoms with van der Waals surface area (Å²) in [5.41, 5.74) is 3.14. The maximum atomic E-state index is 12.0. The average Bonchev–Trinajstić information content (AvgIpc) is 3.12. The molecule has 1 saturated carbocycles. The second kappa shape index (κ2) is 4.64. The van der Waals surface area contributed by atoms with Gasteiger partial charge in [0.1, 0.15) is 0 Å². The Kier molecular flexibility index (Phi) is 3.37. The van der Waals surface area contributed by atoms with Crippen LogP contribution in [0, 0.1) is 5.92 Å². The quantitative estimate of drug-likeness (QED) is 0.542. The van der Waals surface area contributed by atoms with Gasteiger partial charge in [0, 0.05) is 11.7 Å². The zero-order chi connectivity index (χ0) is 12.5. The molecule has 2 rings (SSSR count). The van der Waals surface area contributed by atoms with Crippen LogP contribution < -0.4 is 16.0 Å². The number of benzene rings is 1. The lowest BCUT2D eigenvalue weighted by atomic mass is 10.2. The molecule has 17 heavy (non-hydrogen) atoms. The van der Waals surface area contributed by atoms with Gasteiger partial charge in [-0.3, -0.25) is 5.84 Å². The summed E-state index contributed by atoms with van der Waals surface area (Å²) in [5, 5.41) is 0. The molecule has 1 aromatic rings. The molecule has 0 aromatic heterocycles. The highest BCUT2D eigenvalue weighted by molar-refractivity contribution is 7.89. The molecule has 6 heteroatoms. The summed E-state index contributed by atoms with van der Waals surface area (Å²) in [6, 6.07) is 6.35. The molecule has 0 bridgehead atoms. The monoisotopic (exact) mass is 255 g/mol. The molecule has 0 aliphatic heterocycles. The molecular formula is C11H17N3O2S. The van der Waals surface area contributed by atoms with E-state index in [0.29, 0.717) is 11.6 Å². The second-order valence-electron chi connectivity index (χ2n) is 4.42. The summed E-state index contributed by atoms with van der Waals surface area (Å²) in [5.74, 6) is 5.72. The van der Waals surface area contributed by atoms with Crippen LogP contribution in [0.1, 0.15) is 19.8 Å². The molecule has 1 unspecified atom stereocenters. The summed E-state index contributed by atoms with van der Waals surface area (Å²) in [6.07, 6.45) is 2.22. The van der Waals surface area contributed by atoms with E-state index in [9.17, 15) is 8.42 Å². The van der Waals surface area contributed by atoms with Crippen LogP contribution in [0.25, 0.3) is 0 Å². The van der Waals surface area contributed by atoms with E-state index in [1.807, 2.05) is 6.92 Å². The molecule has 0 saturated heterocycles. The third-order valence-electron chi connectivity index (χ3n) is 3.00. The Morgan fingerprint density at radius 3 is 2.35 bits per heavy atom. The molecule has 1 fully saturated rings. The SMILES string of the molecule is CC(NS(=O)(=O)c1ccc(NN)cc1)C1CC1. The Balaban J connectivity index is 2.12. The fourth-order valence-electron chi connectivity index (χ4n) is 1.74. The zero-order valence-corrected chi connectivity index (χ0v) is 10.5. The second-order valence-corrected chi connectivity index (χ2v) is 6.13. The van der Waals surface area contributed by atoms with Crippen LogP contribution in [0.5, 0.6) is 0 Å². The van der Waals surface area contributed by atoms with Crippen molar-refractivity contribution < 1.29 is 8.42 Å². The summed E-state index contributed by atoms with van der Waals surface area (Å²) in [7, 11) is -3.41. The highest BCUT2D eigenvalue weighted by Gasteiger charge is 2.31. The number of hydrogen-bond donors (Lipinski definition) is 3. The molecule has 0 radical (unpaired) electrons. The van der Waals surface area contributed by atoms with Gasteiger partial charge in [-0.25, -0.2) is 13.1 Å². The molecule has 94 valence electrons. The number of rotatable bonds is 5. The zero-order valence-electron chi connectivity index (χ0n) is 9.68. The van der Waals surface area contributed by atoms with E-state index in [2.05, 4.69) is 10.1 Å². The number of hydrazine groups is 1. The fraction of sp³-hybridized carbons (Fsp3) is 0.455. The number of nitrogens with one attached hydrogen (secondary N) is 2. The number of nitrogen functional groups attached to an aromatic ring is 1. The molecule has 4 N–H and O–H groups in total. The molecular weight excluding hydrogens is 238 g/mol. The van der Waals surface area contributed by atoms with Crippen molar-refractivity contribution >= 4 is 15.7 Å². The standard InChI is InChI=1S/C11H17N3O2S/c1-8(9-2-3-9)14-17(15,16)11-6-4-10(13-12)5-7-11/h4-9,13-14H,2-3,12H2,1H3. The summed E-state index contributed by atoms with van der Waals surface area (Å²) >= 11 is 0. The minimum absolute atomic E-state index is 0.00677. The van der Waals surface area contributed by atoms with Crippen molar-refractivity contribution in [1.29, 1.82) is 0 Å². The van der Waals surface area contributed by atoms with Gasteiger partial charge in [0.2, 0.25) is 10.0 Å². The van der Waals surface area contributed by atoms with Crippen LogP contribution in [-0.4, -0.2) is 14.5 Å². The average molecular weight is 255 g/mol. The van der Waals surface area contributed by atoms with Gasteiger partial charge in [0.05, 0.1) is 4.90 Å². The third-order valence-corrected chi connectivity index (χ3v) is 4.58. The van der Waals surface area contributed by atoms with Crippen molar-refractivity contribution in [1.82, 2.24) is 4.72 Å². The fourth-order valence-corrected chi connectivity index (χ4v) is 3.05. The normalized spacial score (nSPS) is 17.8. The number of hydrogen-bond acceptors (Lipinski definition) is 4. The summed E-state index contributed by atoms with van der Waals surface area (Å²) < 4.78 is 26.7. The lowest BCUT2D eigenvalue weighted by molar-refractivity contribution is 0.538. The Hall–Kier alpha value is -1.11. The Morgan fingerprint density at radius 2 is 1.88 bits per heavy atom. The van der Waals surface area contributed by atoms with Crippen molar-refractivity contribution in [3.8, 4) is 0 Å². The van der Waals surface area contributed by atoms with E-state index in [0.717, 1.165) is 12.8 Å². The van der Waals surface area contributed by atoms with Crippen molar-refractivity contribution in [2.45, 2.75) is 30.7 Å². The topological polar surface area (TPSA) is 84.2 Å². The Morgan fingerprint density at radius 1 is 1.29 bits per heavy atom. The van der Waals surface area contributed by atoms with E-state index in [-0.39, 0.29) is 10.9 Å². The smallest absolute Gasteiger partial charge is 0.240 e. The molecule has 1 aromatic carbocycles. The lowest BCUT2D eigenvalue weighted by Gasteiger charge is -2.13. The number of sulfonamides is 1. The summed E-state index contributed by atoms with van der Waals surface area (Å²) in [6.45, 7) is 1.91. The molecule has 1 atom stereocenters. The molecule has 5 nitrogen and oxygen atoms in total. The highest BCUT2D eigenvalue weighted by atomic mass is 32.2. The molecule has 1 aliphatic rings. The van der Waals surface area contributed by atoms with E-state index in [1.54, 1.807) is 12.1 Å². The number of anilines is 1. The van der Waals surface area contributed by atoms with Crippen LogP contribution in [0.15, 0.2) is 29.2 Å². The van der Waals surface area contributed by atoms with Gasteiger partial charge in [-0.1, -0.05) is 0 Å². The Bertz CT molecular complexity index is 480. The molecule has 1 aliphatic carbocycles. The minimum Gasteiger partial charge on any atom is -0.324 e. The van der Waals surface area contributed by atoms with Gasteiger partial charge in [-0.05, 0) is 49.9 Å². The van der Waals surface area contributed by atoms with Gasteiger partial charge in [0.25, 0.3) is 0 Å². The van der Waals surface area contributed by atoms with Crippen molar-refractivity contribution in [2.24, 2.45) is 11.8 Å². The van der Waals surface area contributed by atoms with Crippen molar-refractivity contribution in [3.63, 3.8) is 0 Å². The molecule has 0 amide bonds. The van der Waals surface area contributed by atoms with E-state index < -0.39 is 10.0 Å². The predicted molar refractivity (Wildman–Crippen MR) is 66.8 cm³/mol. The van der Waals surface area contributed by atoms with Crippen molar-refractivity contribution in [3.05, 3.63) is 24.3 Å². The Labute approximate surface area is 101 Å². The maximum Gasteiger partial charge on any atom is 0.240 e. The van der Waals surface area contributed by atoms with E-state index >= 15 is 0 Å². The van der Waals surface area contributed by atoms with Crippen LogP contribution in [0.3, 0.4) is 0 Å². The lowest BCUT2D eigenvalue weighted by Crippen LogP contribution is -2.34. The largest absolute Gasteiger partial charge is 0.324 e. The van der Waals surface area contributed by atoms with Gasteiger partial charge < -0.3 is 5.43 Å². The first kappa shape index (κ1) is 12.3. The highest BCUT2D eigenvalue weighted by Crippen LogP contribution is 2.33. The minimum atomic E-state index is -3.41. The van der Waals surface area contributed by atoms with Gasteiger partial charge in [-0.2, -0.15) is 0 Å². The van der Waals surface area contributed by atoms with Crippen LogP contribution >= 0.6 is 0 Å². The van der Waals surface area contributed by atoms with Crippen LogP contribution in [0.4, 0.5) is 5.69 Å². The van der Waals surface area contributed by atoms with E-state index in [4.69, 9.17) is 5.84 Å². The molecule has 0 spiro atoms. The maximum absolute atomic E-state index is 12.0. The third kappa shape index (κ3) is 2.96. The van der Waals surface area contributed by atoms with E-state index in [1.165, 1.54) is 12.1 Å². The van der Waals surface area contributed by atoms with Gasteiger partial charge >= 0.3 is 0 Å². The first-order chi connectivity index (χ1) is 8.03. The molecule has 0 heterocycles.